The molecule has 5 rings (SSSR count). The van der Waals surface area contributed by atoms with Crippen LogP contribution in [0.25, 0.3) is 10.8 Å². The van der Waals surface area contributed by atoms with Gasteiger partial charge in [0.1, 0.15) is 11.9 Å². The Kier molecular flexibility index (Phi) is 4.70. The van der Waals surface area contributed by atoms with Gasteiger partial charge in [0, 0.05) is 30.0 Å². The maximum absolute atomic E-state index is 13.4. The highest BCUT2D eigenvalue weighted by molar-refractivity contribution is 6.01. The molecule has 0 spiro atoms. The molecule has 2 amide bonds. The third kappa shape index (κ3) is 3.65. The van der Waals surface area contributed by atoms with Crippen LogP contribution in [-0.2, 0) is 17.9 Å². The largest absolute Gasteiger partial charge is 0.381 e. The zero-order valence-electron chi connectivity index (χ0n) is 17.0. The number of anilines is 1. The van der Waals surface area contributed by atoms with Gasteiger partial charge in [-0.1, -0.05) is 24.8 Å². The summed E-state index contributed by atoms with van der Waals surface area (Å²) >= 11 is 0. The summed E-state index contributed by atoms with van der Waals surface area (Å²) in [6.45, 7) is 4.84. The average molecular weight is 415 g/mol. The molecule has 6 heteroatoms. The Morgan fingerprint density at radius 1 is 1.06 bits per heavy atom. The minimum Gasteiger partial charge on any atom is -0.381 e. The standard InChI is InChI=1S/C25H22FN3O2/c1-15-2-9-23(24(30)28-15)29-14-19-12-21(7-8-22(19)25(29)31)27-13-16-3-4-18-11-20(26)6-5-17(18)10-16/h3-8,10-12,23,27H,1-2,9,13-14H2,(H,28,30). The van der Waals surface area contributed by atoms with Crippen molar-refractivity contribution in [2.45, 2.75) is 32.0 Å². The number of nitrogens with one attached hydrogen (secondary N) is 2. The Bertz CT molecular complexity index is 1240. The molecule has 3 aromatic rings. The first kappa shape index (κ1) is 19.3. The molecule has 0 radical (unpaired) electrons. The number of fused-ring (bicyclic) bond motifs is 2. The van der Waals surface area contributed by atoms with Crippen LogP contribution in [0.1, 0.15) is 34.3 Å². The molecule has 3 aromatic carbocycles. The molecule has 31 heavy (non-hydrogen) atoms. The van der Waals surface area contributed by atoms with E-state index in [1.807, 2.05) is 36.4 Å². The lowest BCUT2D eigenvalue weighted by atomic mass is 10.0. The van der Waals surface area contributed by atoms with Crippen molar-refractivity contribution < 1.29 is 14.0 Å². The molecule has 2 aliphatic rings. The molecule has 1 unspecified atom stereocenters. The zero-order valence-corrected chi connectivity index (χ0v) is 17.0. The quantitative estimate of drug-likeness (QED) is 0.666. The van der Waals surface area contributed by atoms with Gasteiger partial charge in [0.15, 0.2) is 0 Å². The number of nitrogens with zero attached hydrogens (tertiary/aromatic N) is 1. The summed E-state index contributed by atoms with van der Waals surface area (Å²) in [5, 5.41) is 8.02. The second-order valence-electron chi connectivity index (χ2n) is 8.13. The van der Waals surface area contributed by atoms with Crippen LogP contribution in [0.3, 0.4) is 0 Å². The smallest absolute Gasteiger partial charge is 0.255 e. The monoisotopic (exact) mass is 415 g/mol. The number of rotatable bonds is 4. The highest BCUT2D eigenvalue weighted by atomic mass is 19.1. The topological polar surface area (TPSA) is 61.4 Å². The molecule has 1 saturated heterocycles. The van der Waals surface area contributed by atoms with Crippen LogP contribution in [-0.4, -0.2) is 22.8 Å². The fourth-order valence-electron chi connectivity index (χ4n) is 4.34. The van der Waals surface area contributed by atoms with E-state index in [1.54, 1.807) is 11.0 Å². The number of carbonyl (C=O) groups excluding carboxylic acids is 2. The lowest BCUT2D eigenvalue weighted by Gasteiger charge is -2.30. The van der Waals surface area contributed by atoms with Crippen molar-refractivity contribution in [2.24, 2.45) is 0 Å². The van der Waals surface area contributed by atoms with E-state index in [4.69, 9.17) is 0 Å². The molecule has 2 aliphatic heterocycles. The molecule has 0 saturated carbocycles. The Hall–Kier alpha value is -3.67. The SMILES string of the molecule is C=C1CCC(N2Cc3cc(NCc4ccc5cc(F)ccc5c4)ccc3C2=O)C(=O)N1. The van der Waals surface area contributed by atoms with Crippen LogP contribution in [0.2, 0.25) is 0 Å². The van der Waals surface area contributed by atoms with Crippen molar-refractivity contribution >= 4 is 28.3 Å². The maximum atomic E-state index is 13.4. The third-order valence-electron chi connectivity index (χ3n) is 6.00. The molecule has 0 aliphatic carbocycles. The molecule has 5 nitrogen and oxygen atoms in total. The van der Waals surface area contributed by atoms with E-state index in [1.165, 1.54) is 12.1 Å². The molecule has 1 atom stereocenters. The number of hydrogen-bond acceptors (Lipinski definition) is 3. The van der Waals surface area contributed by atoms with Gasteiger partial charge in [-0.25, -0.2) is 4.39 Å². The van der Waals surface area contributed by atoms with Crippen LogP contribution < -0.4 is 10.6 Å². The van der Waals surface area contributed by atoms with Crippen molar-refractivity contribution in [2.75, 3.05) is 5.32 Å². The Labute approximate surface area is 179 Å². The molecular weight excluding hydrogens is 393 g/mol. The predicted octanol–water partition coefficient (Wildman–Crippen LogP) is 4.34. The Morgan fingerprint density at radius 3 is 2.71 bits per heavy atom. The van der Waals surface area contributed by atoms with Crippen molar-refractivity contribution in [3.63, 3.8) is 0 Å². The van der Waals surface area contributed by atoms with Gasteiger partial charge in [-0.05, 0) is 71.1 Å². The van der Waals surface area contributed by atoms with E-state index in [0.29, 0.717) is 37.2 Å². The fourth-order valence-corrected chi connectivity index (χ4v) is 4.34. The predicted molar refractivity (Wildman–Crippen MR) is 118 cm³/mol. The third-order valence-corrected chi connectivity index (χ3v) is 6.00. The van der Waals surface area contributed by atoms with E-state index in [-0.39, 0.29) is 17.6 Å². The first-order valence-electron chi connectivity index (χ1n) is 10.3. The number of amides is 2. The number of benzene rings is 3. The normalized spacial score (nSPS) is 18.3. The van der Waals surface area contributed by atoms with E-state index in [2.05, 4.69) is 17.2 Å². The van der Waals surface area contributed by atoms with Gasteiger partial charge in [-0.3, -0.25) is 9.59 Å². The average Bonchev–Trinajstić information content (AvgIpc) is 3.08. The number of piperidine rings is 1. The molecular formula is C25H22FN3O2. The van der Waals surface area contributed by atoms with Gasteiger partial charge in [-0.15, -0.1) is 0 Å². The summed E-state index contributed by atoms with van der Waals surface area (Å²) in [6.07, 6.45) is 1.28. The van der Waals surface area contributed by atoms with Gasteiger partial charge >= 0.3 is 0 Å². The highest BCUT2D eigenvalue weighted by Crippen LogP contribution is 2.30. The molecule has 2 heterocycles. The van der Waals surface area contributed by atoms with Gasteiger partial charge in [0.05, 0.1) is 0 Å². The van der Waals surface area contributed by atoms with Crippen molar-refractivity contribution in [1.82, 2.24) is 10.2 Å². The number of carbonyl (C=O) groups is 2. The highest BCUT2D eigenvalue weighted by Gasteiger charge is 2.38. The lowest BCUT2D eigenvalue weighted by molar-refractivity contribution is -0.126. The Morgan fingerprint density at radius 2 is 1.87 bits per heavy atom. The first-order valence-corrected chi connectivity index (χ1v) is 10.3. The van der Waals surface area contributed by atoms with E-state index >= 15 is 0 Å². The van der Waals surface area contributed by atoms with E-state index in [9.17, 15) is 14.0 Å². The first-order chi connectivity index (χ1) is 15.0. The second-order valence-corrected chi connectivity index (χ2v) is 8.13. The van der Waals surface area contributed by atoms with Crippen molar-refractivity contribution in [3.05, 3.63) is 89.4 Å². The van der Waals surface area contributed by atoms with Gasteiger partial charge in [0.2, 0.25) is 5.91 Å². The van der Waals surface area contributed by atoms with Crippen molar-refractivity contribution in [1.29, 1.82) is 0 Å². The van der Waals surface area contributed by atoms with Crippen LogP contribution in [0.15, 0.2) is 66.9 Å². The molecule has 1 fully saturated rings. The van der Waals surface area contributed by atoms with Crippen LogP contribution in [0.5, 0.6) is 0 Å². The molecule has 0 aromatic heterocycles. The summed E-state index contributed by atoms with van der Waals surface area (Å²) < 4.78 is 13.4. The number of hydrogen-bond donors (Lipinski definition) is 2. The minimum absolute atomic E-state index is 0.101. The fraction of sp³-hybridized carbons (Fsp3) is 0.200. The Balaban J connectivity index is 1.30. The number of allylic oxidation sites excluding steroid dienone is 1. The maximum Gasteiger partial charge on any atom is 0.255 e. The second kappa shape index (κ2) is 7.54. The summed E-state index contributed by atoms with van der Waals surface area (Å²) in [6, 6.07) is 15.9. The molecule has 0 bridgehead atoms. The zero-order chi connectivity index (χ0) is 21.5. The van der Waals surface area contributed by atoms with Crippen molar-refractivity contribution in [3.8, 4) is 0 Å². The molecule has 156 valence electrons. The van der Waals surface area contributed by atoms with Gasteiger partial charge in [-0.2, -0.15) is 0 Å². The van der Waals surface area contributed by atoms with Gasteiger partial charge < -0.3 is 15.5 Å². The van der Waals surface area contributed by atoms with E-state index in [0.717, 1.165) is 27.6 Å². The van der Waals surface area contributed by atoms with E-state index < -0.39 is 6.04 Å². The van der Waals surface area contributed by atoms with Gasteiger partial charge in [0.25, 0.3) is 5.91 Å². The summed E-state index contributed by atoms with van der Waals surface area (Å²) in [7, 11) is 0. The van der Waals surface area contributed by atoms with Crippen LogP contribution >= 0.6 is 0 Å². The van der Waals surface area contributed by atoms with Crippen LogP contribution in [0, 0.1) is 5.82 Å². The lowest BCUT2D eigenvalue weighted by Crippen LogP contribution is -2.49. The van der Waals surface area contributed by atoms with Crippen LogP contribution in [0.4, 0.5) is 10.1 Å². The number of halogens is 1. The molecule has 2 N–H and O–H groups in total. The summed E-state index contributed by atoms with van der Waals surface area (Å²) in [5.74, 6) is -0.501. The summed E-state index contributed by atoms with van der Waals surface area (Å²) in [4.78, 5) is 26.8. The minimum atomic E-state index is -0.454. The summed E-state index contributed by atoms with van der Waals surface area (Å²) in [5.41, 5.74) is 4.26.